The maximum Gasteiger partial charge on any atom is 0.254 e. The van der Waals surface area contributed by atoms with Gasteiger partial charge in [-0.2, -0.15) is 0 Å². The second-order valence-corrected chi connectivity index (χ2v) is 18.6. The van der Waals surface area contributed by atoms with E-state index in [-0.39, 0.29) is 32.3 Å². The first-order chi connectivity index (χ1) is 24.7. The third kappa shape index (κ3) is 12.2. The molecule has 0 aliphatic carbocycles. The third-order valence-electron chi connectivity index (χ3n) is 8.63. The Morgan fingerprint density at radius 2 is 1.10 bits per heavy atom. The predicted molar refractivity (Wildman–Crippen MR) is 201 cm³/mol. The zero-order chi connectivity index (χ0) is 35.9. The highest BCUT2D eigenvalue weighted by Gasteiger charge is 2.50. The molecule has 1 heterocycles. The van der Waals surface area contributed by atoms with Crippen LogP contribution in [-0.2, 0) is 59.3 Å². The summed E-state index contributed by atoms with van der Waals surface area (Å²) in [5.41, 5.74) is 2.94. The Bertz CT molecular complexity index is 1570. The zero-order valence-electron chi connectivity index (χ0n) is 30.4. The fraction of sp³-hybridized carbons (Fsp3) is 0.405. The molecule has 0 saturated carbocycles. The van der Waals surface area contributed by atoms with Crippen LogP contribution >= 0.6 is 0 Å². The van der Waals surface area contributed by atoms with E-state index in [0.717, 1.165) is 22.3 Å². The van der Waals surface area contributed by atoms with E-state index >= 15 is 0 Å². The molecule has 0 bridgehead atoms. The van der Waals surface area contributed by atoms with Gasteiger partial charge in [0, 0.05) is 13.1 Å². The van der Waals surface area contributed by atoms with Gasteiger partial charge in [-0.25, -0.2) is 0 Å². The molecule has 4 atom stereocenters. The number of benzene rings is 4. The summed E-state index contributed by atoms with van der Waals surface area (Å²) in [5, 5.41) is 0. The van der Waals surface area contributed by atoms with Crippen LogP contribution in [0.4, 0.5) is 0 Å². The fourth-order valence-electron chi connectivity index (χ4n) is 6.32. The van der Waals surface area contributed by atoms with E-state index in [1.165, 1.54) is 0 Å². The minimum Gasteiger partial charge on any atom is -0.407 e. The first kappa shape index (κ1) is 38.6. The Morgan fingerprint density at radius 3 is 1.57 bits per heavy atom. The predicted octanol–water partition coefficient (Wildman–Crippen LogP) is 7.43. The molecule has 4 aromatic carbocycles. The van der Waals surface area contributed by atoms with Crippen LogP contribution in [0.5, 0.6) is 0 Å². The van der Waals surface area contributed by atoms with Crippen molar-refractivity contribution in [2.24, 2.45) is 0 Å². The van der Waals surface area contributed by atoms with Crippen LogP contribution in [0.2, 0.25) is 19.6 Å². The van der Waals surface area contributed by atoms with E-state index in [1.54, 1.807) is 0 Å². The van der Waals surface area contributed by atoms with Gasteiger partial charge in [-0.05, 0) is 48.8 Å². The number of ether oxygens (including phenoxy) is 5. The molecule has 9 heteroatoms. The molecular weight excluding hydrogens is 659 g/mol. The zero-order valence-corrected chi connectivity index (χ0v) is 31.4. The highest BCUT2D eigenvalue weighted by atomic mass is 28.4. The summed E-state index contributed by atoms with van der Waals surface area (Å²) in [6.07, 6.45) is -2.68. The summed E-state index contributed by atoms with van der Waals surface area (Å²) in [5.74, 6) is -0.166. The molecule has 1 saturated heterocycles. The molecular formula is C42H53NO7Si. The van der Waals surface area contributed by atoms with Crippen LogP contribution in [0, 0.1) is 0 Å². The second-order valence-electron chi connectivity index (χ2n) is 14.1. The van der Waals surface area contributed by atoms with Gasteiger partial charge >= 0.3 is 0 Å². The Morgan fingerprint density at radius 1 is 0.667 bits per heavy atom. The van der Waals surface area contributed by atoms with Crippen molar-refractivity contribution in [3.05, 3.63) is 144 Å². The fourth-order valence-corrected chi connectivity index (χ4v) is 7.90. The lowest BCUT2D eigenvalue weighted by molar-refractivity contribution is -0.216. The van der Waals surface area contributed by atoms with Crippen LogP contribution in [0.25, 0.3) is 0 Å². The molecule has 1 fully saturated rings. The molecule has 0 N–H and O–H groups in total. The van der Waals surface area contributed by atoms with Gasteiger partial charge < -0.3 is 33.0 Å². The number of hydrogen-bond donors (Lipinski definition) is 0. The highest BCUT2D eigenvalue weighted by molar-refractivity contribution is 6.69. The number of nitrogens with zero attached hydrogens (tertiary/aromatic N) is 1. The van der Waals surface area contributed by atoms with Gasteiger partial charge in [0.1, 0.15) is 17.8 Å². The van der Waals surface area contributed by atoms with Crippen LogP contribution in [-0.4, -0.2) is 75.9 Å². The van der Waals surface area contributed by atoms with Gasteiger partial charge in [0.25, 0.3) is 5.91 Å². The van der Waals surface area contributed by atoms with Gasteiger partial charge in [0.2, 0.25) is 0 Å². The smallest absolute Gasteiger partial charge is 0.254 e. The van der Waals surface area contributed by atoms with Gasteiger partial charge in [-0.1, -0.05) is 121 Å². The Kier molecular flexibility index (Phi) is 14.5. The van der Waals surface area contributed by atoms with Crippen molar-refractivity contribution in [3.8, 4) is 0 Å². The van der Waals surface area contributed by atoms with Crippen LogP contribution < -0.4 is 0 Å². The maximum absolute atomic E-state index is 14.7. The van der Waals surface area contributed by atoms with Gasteiger partial charge in [0.05, 0.1) is 46.2 Å². The van der Waals surface area contributed by atoms with Crippen molar-refractivity contribution >= 4 is 14.2 Å². The Labute approximate surface area is 304 Å². The Balaban J connectivity index is 1.57. The van der Waals surface area contributed by atoms with Crippen molar-refractivity contribution in [2.45, 2.75) is 76.9 Å². The molecule has 0 spiro atoms. The summed E-state index contributed by atoms with van der Waals surface area (Å²) in [7, 11) is -2.26. The molecule has 4 aromatic rings. The van der Waals surface area contributed by atoms with Crippen molar-refractivity contribution in [1.82, 2.24) is 4.90 Å². The van der Waals surface area contributed by atoms with E-state index < -0.39 is 32.2 Å². The average molecular weight is 712 g/mol. The minimum absolute atomic E-state index is 0.166. The number of carbonyl (C=O) groups excluding carboxylic acids is 1. The molecule has 1 amide bonds. The van der Waals surface area contributed by atoms with E-state index in [4.69, 9.17) is 28.1 Å². The number of amides is 1. The summed E-state index contributed by atoms with van der Waals surface area (Å²) in [6, 6.07) is 40.0. The average Bonchev–Trinajstić information content (AvgIpc) is 3.14. The number of hydrogen-bond acceptors (Lipinski definition) is 7. The lowest BCUT2D eigenvalue weighted by Gasteiger charge is -2.46. The van der Waals surface area contributed by atoms with E-state index in [2.05, 4.69) is 19.6 Å². The first-order valence-corrected chi connectivity index (χ1v) is 21.3. The number of morpholine rings is 1. The van der Waals surface area contributed by atoms with E-state index in [9.17, 15) is 4.79 Å². The minimum atomic E-state index is -2.26. The largest absolute Gasteiger partial charge is 0.407 e. The molecule has 272 valence electrons. The Hall–Kier alpha value is -3.67. The van der Waals surface area contributed by atoms with Gasteiger partial charge in [0.15, 0.2) is 14.4 Å². The van der Waals surface area contributed by atoms with Crippen molar-refractivity contribution in [2.75, 3.05) is 32.9 Å². The van der Waals surface area contributed by atoms with Crippen LogP contribution in [0.1, 0.15) is 29.2 Å². The molecule has 1 aliphatic rings. The maximum atomic E-state index is 14.7. The summed E-state index contributed by atoms with van der Waals surface area (Å²) in [4.78, 5) is 16.5. The van der Waals surface area contributed by atoms with E-state index in [1.807, 2.05) is 133 Å². The molecule has 0 aromatic heterocycles. The SMILES string of the molecule is CC(COCc1ccccc1)(O[Si](C)(C)C)[C@@H](OCc1ccccc1)[C@H](OCc1ccccc1)[C@@H](OCc1ccccc1)C(=O)N1CCOCC1. The van der Waals surface area contributed by atoms with Crippen molar-refractivity contribution in [3.63, 3.8) is 0 Å². The molecule has 1 unspecified atom stereocenters. The van der Waals surface area contributed by atoms with Gasteiger partial charge in [-0.15, -0.1) is 0 Å². The molecule has 5 rings (SSSR count). The molecule has 51 heavy (non-hydrogen) atoms. The quantitative estimate of drug-likeness (QED) is 0.0938. The molecule has 1 aliphatic heterocycles. The normalized spacial score (nSPS) is 16.6. The monoisotopic (exact) mass is 711 g/mol. The number of rotatable bonds is 19. The standard InChI is InChI=1S/C42H53NO7Si/c1-42(50-51(2,3)4,33-46-29-34-17-9-5-10-18-34)40(49-32-37-23-15-8-16-24-37)38(47-30-35-19-11-6-12-20-35)39(41(44)43-25-27-45-28-26-43)48-31-36-21-13-7-14-22-36/h5-24,38-40H,25-33H2,1-4H3/t38-,39-,40+,42?/m1/s1. The van der Waals surface area contributed by atoms with Crippen LogP contribution in [0.3, 0.4) is 0 Å². The number of carbonyl (C=O) groups is 1. The second kappa shape index (κ2) is 19.2. The molecule has 0 radical (unpaired) electrons. The molecule has 8 nitrogen and oxygen atoms in total. The van der Waals surface area contributed by atoms with Crippen molar-refractivity contribution in [1.29, 1.82) is 0 Å². The first-order valence-electron chi connectivity index (χ1n) is 17.9. The lowest BCUT2D eigenvalue weighted by Crippen LogP contribution is -2.63. The lowest BCUT2D eigenvalue weighted by atomic mass is 9.91. The van der Waals surface area contributed by atoms with Crippen LogP contribution in [0.15, 0.2) is 121 Å². The highest BCUT2D eigenvalue weighted by Crippen LogP contribution is 2.33. The van der Waals surface area contributed by atoms with E-state index in [0.29, 0.717) is 32.9 Å². The van der Waals surface area contributed by atoms with Gasteiger partial charge in [-0.3, -0.25) is 4.79 Å². The van der Waals surface area contributed by atoms with Crippen molar-refractivity contribution < 1.29 is 32.9 Å². The topological polar surface area (TPSA) is 75.7 Å². The summed E-state index contributed by atoms with van der Waals surface area (Å²) >= 11 is 0. The summed E-state index contributed by atoms with van der Waals surface area (Å²) < 4.78 is 39.8. The third-order valence-corrected chi connectivity index (χ3v) is 9.71. The summed E-state index contributed by atoms with van der Waals surface area (Å²) in [6.45, 7) is 11.7.